The molecule has 0 saturated carbocycles. The number of nitrogens with zero attached hydrogens (tertiary/aromatic N) is 6. The summed E-state index contributed by atoms with van der Waals surface area (Å²) in [5.41, 5.74) is 11.3. The molecule has 0 bridgehead atoms. The van der Waals surface area contributed by atoms with Gasteiger partial charge in [-0.3, -0.25) is 4.90 Å². The minimum Gasteiger partial charge on any atom is -0.384 e. The molecule has 1 aliphatic heterocycles. The predicted octanol–water partition coefficient (Wildman–Crippen LogP) is 2.60. The molecule has 0 amide bonds. The lowest BCUT2D eigenvalue weighted by atomic mass is 9.94. The lowest BCUT2D eigenvalue weighted by Crippen LogP contribution is -2.34. The highest BCUT2D eigenvalue weighted by Gasteiger charge is 2.24. The van der Waals surface area contributed by atoms with Gasteiger partial charge in [-0.2, -0.15) is 14.7 Å². The Morgan fingerprint density at radius 2 is 2.15 bits per heavy atom. The van der Waals surface area contributed by atoms with Gasteiger partial charge in [-0.1, -0.05) is 6.58 Å². The summed E-state index contributed by atoms with van der Waals surface area (Å²) in [7, 11) is 0. The van der Waals surface area contributed by atoms with Crippen molar-refractivity contribution in [2.75, 3.05) is 18.8 Å². The monoisotopic (exact) mass is 351 g/mol. The SMILES string of the molecule is C=Cn1cc(CN2CCCC(c3cc(N)n4nc(C)cc4n3)C2)c(C)n1. The van der Waals surface area contributed by atoms with Crippen molar-refractivity contribution in [1.29, 1.82) is 0 Å². The second kappa shape index (κ2) is 6.57. The lowest BCUT2D eigenvalue weighted by molar-refractivity contribution is 0.198. The fourth-order valence-corrected chi connectivity index (χ4v) is 3.79. The molecule has 136 valence electrons. The maximum absolute atomic E-state index is 6.20. The van der Waals surface area contributed by atoms with Gasteiger partial charge in [0.15, 0.2) is 5.65 Å². The summed E-state index contributed by atoms with van der Waals surface area (Å²) in [6.07, 6.45) is 6.08. The molecule has 7 heteroatoms. The van der Waals surface area contributed by atoms with E-state index in [0.717, 1.165) is 55.2 Å². The number of aryl methyl sites for hydroxylation is 2. The van der Waals surface area contributed by atoms with Crippen LogP contribution < -0.4 is 5.73 Å². The average molecular weight is 351 g/mol. The van der Waals surface area contributed by atoms with Gasteiger partial charge in [-0.05, 0) is 33.2 Å². The molecule has 1 unspecified atom stereocenters. The number of anilines is 1. The zero-order valence-corrected chi connectivity index (χ0v) is 15.4. The van der Waals surface area contributed by atoms with E-state index in [1.54, 1.807) is 15.4 Å². The van der Waals surface area contributed by atoms with Gasteiger partial charge < -0.3 is 5.73 Å². The summed E-state index contributed by atoms with van der Waals surface area (Å²) in [6.45, 7) is 10.8. The highest BCUT2D eigenvalue weighted by atomic mass is 15.3. The topological polar surface area (TPSA) is 77.3 Å². The molecule has 0 aromatic carbocycles. The van der Waals surface area contributed by atoms with Crippen LogP contribution in [0, 0.1) is 13.8 Å². The van der Waals surface area contributed by atoms with Crippen LogP contribution >= 0.6 is 0 Å². The van der Waals surface area contributed by atoms with Crippen LogP contribution in [0.1, 0.15) is 41.4 Å². The fraction of sp³-hybridized carbons (Fsp3) is 0.421. The van der Waals surface area contributed by atoms with Crippen LogP contribution in [-0.4, -0.2) is 42.4 Å². The van der Waals surface area contributed by atoms with Crippen molar-refractivity contribution in [1.82, 2.24) is 29.3 Å². The van der Waals surface area contributed by atoms with Gasteiger partial charge >= 0.3 is 0 Å². The third-order valence-corrected chi connectivity index (χ3v) is 5.12. The van der Waals surface area contributed by atoms with Crippen molar-refractivity contribution in [3.05, 3.63) is 47.6 Å². The first-order valence-corrected chi connectivity index (χ1v) is 9.06. The predicted molar refractivity (Wildman–Crippen MR) is 103 cm³/mol. The van der Waals surface area contributed by atoms with Gasteiger partial charge in [0.25, 0.3) is 0 Å². The average Bonchev–Trinajstić information content (AvgIpc) is 3.17. The molecule has 3 aromatic heterocycles. The third kappa shape index (κ3) is 3.10. The second-order valence-electron chi connectivity index (χ2n) is 7.14. The normalized spacial score (nSPS) is 18.5. The van der Waals surface area contributed by atoms with Crippen molar-refractivity contribution < 1.29 is 0 Å². The number of rotatable bonds is 4. The number of hydrogen-bond acceptors (Lipinski definition) is 5. The van der Waals surface area contributed by atoms with Crippen molar-refractivity contribution >= 4 is 17.7 Å². The van der Waals surface area contributed by atoms with E-state index in [1.165, 1.54) is 5.56 Å². The van der Waals surface area contributed by atoms with Crippen molar-refractivity contribution in [2.45, 2.75) is 39.2 Å². The number of likely N-dealkylation sites (tertiary alicyclic amines) is 1. The smallest absolute Gasteiger partial charge is 0.157 e. The van der Waals surface area contributed by atoms with Gasteiger partial charge in [-0.25, -0.2) is 9.67 Å². The van der Waals surface area contributed by atoms with E-state index in [0.29, 0.717) is 11.7 Å². The minimum absolute atomic E-state index is 0.390. The molecule has 1 atom stereocenters. The van der Waals surface area contributed by atoms with Crippen LogP contribution in [0.2, 0.25) is 0 Å². The summed E-state index contributed by atoms with van der Waals surface area (Å²) in [6, 6.07) is 3.96. The minimum atomic E-state index is 0.390. The van der Waals surface area contributed by atoms with Crippen molar-refractivity contribution in [2.24, 2.45) is 0 Å². The lowest BCUT2D eigenvalue weighted by Gasteiger charge is -2.32. The summed E-state index contributed by atoms with van der Waals surface area (Å²) in [4.78, 5) is 7.30. The zero-order valence-electron chi connectivity index (χ0n) is 15.4. The second-order valence-corrected chi connectivity index (χ2v) is 7.14. The van der Waals surface area contributed by atoms with Crippen molar-refractivity contribution in [3.8, 4) is 0 Å². The number of piperidine rings is 1. The van der Waals surface area contributed by atoms with E-state index in [1.807, 2.05) is 19.1 Å². The number of fused-ring (bicyclic) bond motifs is 1. The molecule has 4 heterocycles. The molecular weight excluding hydrogens is 326 g/mol. The first-order valence-electron chi connectivity index (χ1n) is 9.06. The number of hydrogen-bond donors (Lipinski definition) is 1. The quantitative estimate of drug-likeness (QED) is 0.782. The molecule has 26 heavy (non-hydrogen) atoms. The molecule has 0 aliphatic carbocycles. The van der Waals surface area contributed by atoms with Gasteiger partial charge in [0.05, 0.1) is 17.1 Å². The zero-order chi connectivity index (χ0) is 18.3. The summed E-state index contributed by atoms with van der Waals surface area (Å²) in [5.74, 6) is 1.04. The Morgan fingerprint density at radius 3 is 2.92 bits per heavy atom. The molecule has 3 aromatic rings. The highest BCUT2D eigenvalue weighted by molar-refractivity contribution is 5.48. The van der Waals surface area contributed by atoms with Crippen LogP contribution in [0.4, 0.5) is 5.82 Å². The number of aromatic nitrogens is 5. The maximum Gasteiger partial charge on any atom is 0.157 e. The Balaban J connectivity index is 1.54. The largest absolute Gasteiger partial charge is 0.384 e. The number of nitrogen functional groups attached to an aromatic ring is 1. The van der Waals surface area contributed by atoms with Crippen LogP contribution in [0.5, 0.6) is 0 Å². The third-order valence-electron chi connectivity index (χ3n) is 5.12. The first kappa shape index (κ1) is 16.8. The van der Waals surface area contributed by atoms with Gasteiger partial charge in [0.1, 0.15) is 5.82 Å². The Kier molecular flexibility index (Phi) is 4.24. The maximum atomic E-state index is 6.20. The summed E-state index contributed by atoms with van der Waals surface area (Å²) < 4.78 is 3.50. The Morgan fingerprint density at radius 1 is 1.31 bits per heavy atom. The van der Waals surface area contributed by atoms with E-state index in [2.05, 4.69) is 34.8 Å². The van der Waals surface area contributed by atoms with Gasteiger partial charge in [0, 0.05) is 49.1 Å². The van der Waals surface area contributed by atoms with E-state index < -0.39 is 0 Å². The molecule has 1 aliphatic rings. The van der Waals surface area contributed by atoms with E-state index in [4.69, 9.17) is 10.7 Å². The van der Waals surface area contributed by atoms with Crippen LogP contribution in [-0.2, 0) is 6.54 Å². The summed E-state index contributed by atoms with van der Waals surface area (Å²) in [5, 5.41) is 8.84. The molecule has 7 nitrogen and oxygen atoms in total. The standard InChI is InChI=1S/C19H25N7/c1-4-25-12-16(14(3)23-25)11-24-7-5-6-15(10-24)17-9-18(20)26-19(21-17)8-13(2)22-26/h4,8-9,12,15H,1,5-7,10-11,20H2,2-3H3. The fourth-order valence-electron chi connectivity index (χ4n) is 3.79. The molecule has 2 N–H and O–H groups in total. The first-order chi connectivity index (χ1) is 12.5. The van der Waals surface area contributed by atoms with E-state index in [9.17, 15) is 0 Å². The highest BCUT2D eigenvalue weighted by Crippen LogP contribution is 2.28. The molecule has 1 fully saturated rings. The molecular formula is C19H25N7. The van der Waals surface area contributed by atoms with Crippen LogP contribution in [0.3, 0.4) is 0 Å². The Bertz CT molecular complexity index is 952. The molecule has 0 spiro atoms. The van der Waals surface area contributed by atoms with Gasteiger partial charge in [0.2, 0.25) is 0 Å². The number of nitrogens with two attached hydrogens (primary N) is 1. The van der Waals surface area contributed by atoms with Crippen molar-refractivity contribution in [3.63, 3.8) is 0 Å². The Labute approximate surface area is 153 Å². The molecule has 4 rings (SSSR count). The van der Waals surface area contributed by atoms with Crippen LogP contribution in [0.25, 0.3) is 11.8 Å². The van der Waals surface area contributed by atoms with Gasteiger partial charge in [-0.15, -0.1) is 0 Å². The van der Waals surface area contributed by atoms with E-state index >= 15 is 0 Å². The summed E-state index contributed by atoms with van der Waals surface area (Å²) >= 11 is 0. The molecule has 1 saturated heterocycles. The Hall–Kier alpha value is -2.67. The van der Waals surface area contributed by atoms with E-state index in [-0.39, 0.29) is 0 Å². The molecule has 0 radical (unpaired) electrons. The van der Waals surface area contributed by atoms with Crippen LogP contribution in [0.15, 0.2) is 24.9 Å².